The zero-order valence-electron chi connectivity index (χ0n) is 12.1. The summed E-state index contributed by atoms with van der Waals surface area (Å²) in [7, 11) is 0. The number of rotatable bonds is 7. The Balaban J connectivity index is 1.66. The van der Waals surface area contributed by atoms with Crippen LogP contribution in [0.3, 0.4) is 0 Å². The maximum absolute atomic E-state index is 5.90. The third kappa shape index (κ3) is 3.48. The van der Waals surface area contributed by atoms with Crippen molar-refractivity contribution in [2.75, 3.05) is 13.1 Å². The van der Waals surface area contributed by atoms with E-state index >= 15 is 0 Å². The molecule has 0 spiro atoms. The Morgan fingerprint density at radius 3 is 2.75 bits per heavy atom. The number of aromatic nitrogens is 1. The second kappa shape index (κ2) is 6.23. The van der Waals surface area contributed by atoms with E-state index < -0.39 is 0 Å². The van der Waals surface area contributed by atoms with E-state index in [0.29, 0.717) is 0 Å². The Morgan fingerprint density at radius 2 is 2.05 bits per heavy atom. The Bertz CT molecular complexity index is 531. The monoisotopic (exact) mass is 270 g/mol. The van der Waals surface area contributed by atoms with Crippen LogP contribution in [-0.4, -0.2) is 23.0 Å². The molecule has 0 aliphatic heterocycles. The average molecular weight is 270 g/mol. The highest BCUT2D eigenvalue weighted by molar-refractivity contribution is 5.55. The molecule has 0 amide bonds. The Labute approximate surface area is 120 Å². The lowest BCUT2D eigenvalue weighted by atomic mass is 10.2. The topological polar surface area (TPSA) is 29.3 Å². The third-order valence-corrected chi connectivity index (χ3v) is 3.72. The maximum Gasteiger partial charge on any atom is 0.209 e. The van der Waals surface area contributed by atoms with Crippen molar-refractivity contribution in [2.24, 2.45) is 5.92 Å². The zero-order chi connectivity index (χ0) is 13.8. The van der Waals surface area contributed by atoms with Crippen LogP contribution in [0.2, 0.25) is 0 Å². The molecule has 1 aromatic heterocycles. The molecule has 3 nitrogen and oxygen atoms in total. The third-order valence-electron chi connectivity index (χ3n) is 3.72. The molecule has 0 bridgehead atoms. The van der Waals surface area contributed by atoms with E-state index in [9.17, 15) is 0 Å². The molecule has 20 heavy (non-hydrogen) atoms. The van der Waals surface area contributed by atoms with Crippen molar-refractivity contribution in [3.63, 3.8) is 0 Å². The molecule has 1 aliphatic rings. The number of benzene rings is 1. The molecule has 0 atom stereocenters. The molecule has 1 fully saturated rings. The van der Waals surface area contributed by atoms with Gasteiger partial charge >= 0.3 is 0 Å². The van der Waals surface area contributed by atoms with Gasteiger partial charge in [0.1, 0.15) is 0 Å². The summed E-state index contributed by atoms with van der Waals surface area (Å²) in [6.07, 6.45) is 5.80. The summed E-state index contributed by atoms with van der Waals surface area (Å²) in [5.41, 5.74) is 1.09. The number of nitrogens with zero attached hydrogens (tertiary/aromatic N) is 2. The predicted octanol–water partition coefficient (Wildman–Crippen LogP) is 3.96. The van der Waals surface area contributed by atoms with Gasteiger partial charge in [-0.1, -0.05) is 37.3 Å². The van der Waals surface area contributed by atoms with E-state index in [2.05, 4.69) is 28.9 Å². The van der Waals surface area contributed by atoms with Gasteiger partial charge in [0.15, 0.2) is 5.76 Å². The normalized spacial score (nSPS) is 14.9. The molecule has 2 aromatic rings. The minimum atomic E-state index is 0.831. The van der Waals surface area contributed by atoms with Crippen LogP contribution in [-0.2, 0) is 6.54 Å². The molecule has 1 aromatic carbocycles. The van der Waals surface area contributed by atoms with E-state index in [-0.39, 0.29) is 0 Å². The summed E-state index contributed by atoms with van der Waals surface area (Å²) in [4.78, 5) is 6.90. The van der Waals surface area contributed by atoms with Crippen LogP contribution in [0.25, 0.3) is 11.3 Å². The molecular formula is C17H22N2O. The first-order valence-electron chi connectivity index (χ1n) is 7.57. The SMILES string of the molecule is CCCN(Cc1ncc(-c2ccccc2)o1)CC1CC1. The van der Waals surface area contributed by atoms with Gasteiger partial charge < -0.3 is 4.42 Å². The van der Waals surface area contributed by atoms with Gasteiger partial charge in [0.05, 0.1) is 12.7 Å². The van der Waals surface area contributed by atoms with Crippen molar-refractivity contribution in [2.45, 2.75) is 32.7 Å². The van der Waals surface area contributed by atoms with Crippen LogP contribution in [0, 0.1) is 5.92 Å². The van der Waals surface area contributed by atoms with Crippen LogP contribution in [0.15, 0.2) is 40.9 Å². The second-order valence-electron chi connectivity index (χ2n) is 5.66. The van der Waals surface area contributed by atoms with Gasteiger partial charge in [0, 0.05) is 12.1 Å². The summed E-state index contributed by atoms with van der Waals surface area (Å²) < 4.78 is 5.90. The summed E-state index contributed by atoms with van der Waals surface area (Å²) >= 11 is 0. The smallest absolute Gasteiger partial charge is 0.209 e. The highest BCUT2D eigenvalue weighted by Crippen LogP contribution is 2.30. The van der Waals surface area contributed by atoms with Crippen LogP contribution >= 0.6 is 0 Å². The van der Waals surface area contributed by atoms with Crippen molar-refractivity contribution in [1.82, 2.24) is 9.88 Å². The molecule has 0 unspecified atom stereocenters. The predicted molar refractivity (Wildman–Crippen MR) is 80.2 cm³/mol. The van der Waals surface area contributed by atoms with Gasteiger partial charge in [-0.25, -0.2) is 4.98 Å². The van der Waals surface area contributed by atoms with Crippen molar-refractivity contribution in [1.29, 1.82) is 0 Å². The number of hydrogen-bond donors (Lipinski definition) is 0. The first-order chi connectivity index (χ1) is 9.85. The molecule has 1 aliphatic carbocycles. The van der Waals surface area contributed by atoms with Gasteiger partial charge in [0.2, 0.25) is 5.89 Å². The van der Waals surface area contributed by atoms with E-state index in [0.717, 1.165) is 36.2 Å². The van der Waals surface area contributed by atoms with Crippen molar-refractivity contribution < 1.29 is 4.42 Å². The molecule has 3 rings (SSSR count). The largest absolute Gasteiger partial charge is 0.439 e. The molecule has 106 valence electrons. The standard InChI is InChI=1S/C17H22N2O/c1-2-10-19(12-14-8-9-14)13-17-18-11-16(20-17)15-6-4-3-5-7-15/h3-7,11,14H,2,8-10,12-13H2,1H3. The van der Waals surface area contributed by atoms with Crippen molar-refractivity contribution in [3.05, 3.63) is 42.4 Å². The van der Waals surface area contributed by atoms with E-state index in [1.165, 1.54) is 25.8 Å². The van der Waals surface area contributed by atoms with Crippen LogP contribution in [0.1, 0.15) is 32.1 Å². The fourth-order valence-electron chi connectivity index (χ4n) is 2.53. The maximum atomic E-state index is 5.90. The molecule has 1 saturated carbocycles. The lowest BCUT2D eigenvalue weighted by Crippen LogP contribution is -2.26. The summed E-state index contributed by atoms with van der Waals surface area (Å²) in [5.74, 6) is 2.60. The minimum Gasteiger partial charge on any atom is -0.439 e. The lowest BCUT2D eigenvalue weighted by molar-refractivity contribution is 0.231. The fraction of sp³-hybridized carbons (Fsp3) is 0.471. The highest BCUT2D eigenvalue weighted by Gasteiger charge is 2.24. The Hall–Kier alpha value is -1.61. The molecule has 0 N–H and O–H groups in total. The van der Waals surface area contributed by atoms with Crippen molar-refractivity contribution in [3.8, 4) is 11.3 Å². The number of hydrogen-bond acceptors (Lipinski definition) is 3. The Morgan fingerprint density at radius 1 is 1.25 bits per heavy atom. The summed E-state index contributed by atoms with van der Waals surface area (Å²) in [5, 5.41) is 0. The summed E-state index contributed by atoms with van der Waals surface area (Å²) in [6, 6.07) is 10.2. The average Bonchev–Trinajstić information content (AvgIpc) is 3.16. The Kier molecular flexibility index (Phi) is 4.16. The quantitative estimate of drug-likeness (QED) is 0.762. The van der Waals surface area contributed by atoms with Gasteiger partial charge in [-0.15, -0.1) is 0 Å². The molecular weight excluding hydrogens is 248 g/mol. The molecule has 0 saturated heterocycles. The van der Waals surface area contributed by atoms with Gasteiger partial charge in [-0.2, -0.15) is 0 Å². The zero-order valence-corrected chi connectivity index (χ0v) is 12.1. The van der Waals surface area contributed by atoms with Gasteiger partial charge in [-0.3, -0.25) is 4.90 Å². The van der Waals surface area contributed by atoms with Gasteiger partial charge in [-0.05, 0) is 31.7 Å². The first kappa shape index (κ1) is 13.4. The van der Waals surface area contributed by atoms with E-state index in [4.69, 9.17) is 4.42 Å². The van der Waals surface area contributed by atoms with Crippen molar-refractivity contribution >= 4 is 0 Å². The molecule has 1 heterocycles. The second-order valence-corrected chi connectivity index (χ2v) is 5.66. The summed E-state index contributed by atoms with van der Waals surface area (Å²) in [6.45, 7) is 5.37. The molecule has 0 radical (unpaired) electrons. The van der Waals surface area contributed by atoms with Crippen LogP contribution in [0.5, 0.6) is 0 Å². The van der Waals surface area contributed by atoms with Gasteiger partial charge in [0.25, 0.3) is 0 Å². The minimum absolute atomic E-state index is 0.831. The van der Waals surface area contributed by atoms with E-state index in [1.54, 1.807) is 0 Å². The fourth-order valence-corrected chi connectivity index (χ4v) is 2.53. The van der Waals surface area contributed by atoms with E-state index in [1.807, 2.05) is 24.4 Å². The number of oxazole rings is 1. The highest BCUT2D eigenvalue weighted by atomic mass is 16.4. The first-order valence-corrected chi connectivity index (χ1v) is 7.57. The lowest BCUT2D eigenvalue weighted by Gasteiger charge is -2.19. The molecule has 3 heteroatoms. The van der Waals surface area contributed by atoms with Crippen LogP contribution < -0.4 is 0 Å². The van der Waals surface area contributed by atoms with Crippen LogP contribution in [0.4, 0.5) is 0 Å².